The van der Waals surface area contributed by atoms with E-state index >= 15 is 0 Å². The van der Waals surface area contributed by atoms with Crippen molar-refractivity contribution in [3.63, 3.8) is 0 Å². The smallest absolute Gasteiger partial charge is 0.343 e. The van der Waals surface area contributed by atoms with Gasteiger partial charge in [0, 0.05) is 12.4 Å². The Labute approximate surface area is 329 Å². The van der Waals surface area contributed by atoms with Gasteiger partial charge in [-0.05, 0) is 109 Å². The number of hydrogen-bond acceptors (Lipinski definition) is 9. The fourth-order valence-corrected chi connectivity index (χ4v) is 5.51. The van der Waals surface area contributed by atoms with Gasteiger partial charge in [-0.2, -0.15) is 5.26 Å². The Balaban J connectivity index is 1.12. The highest BCUT2D eigenvalue weighted by atomic mass is 16.5. The molecule has 56 heavy (non-hydrogen) atoms. The van der Waals surface area contributed by atoms with Gasteiger partial charge in [-0.25, -0.2) is 9.59 Å². The maximum atomic E-state index is 13.0. The lowest BCUT2D eigenvalue weighted by Gasteiger charge is -2.10. The van der Waals surface area contributed by atoms with Crippen molar-refractivity contribution in [1.29, 1.82) is 5.26 Å². The van der Waals surface area contributed by atoms with Crippen molar-refractivity contribution in [2.24, 2.45) is 9.98 Å². The van der Waals surface area contributed by atoms with E-state index in [9.17, 15) is 14.9 Å². The van der Waals surface area contributed by atoms with E-state index in [4.69, 9.17) is 18.9 Å². The maximum absolute atomic E-state index is 13.0. The average molecular weight is 750 g/mol. The molecule has 0 amide bonds. The Morgan fingerprint density at radius 3 is 1.34 bits per heavy atom. The van der Waals surface area contributed by atoms with Gasteiger partial charge in [0.15, 0.2) is 11.5 Å². The molecule has 0 aliphatic carbocycles. The van der Waals surface area contributed by atoms with Gasteiger partial charge in [0.05, 0.1) is 35.7 Å². The molecule has 0 aromatic heterocycles. The summed E-state index contributed by atoms with van der Waals surface area (Å²) in [4.78, 5) is 35.1. The molecule has 9 heteroatoms. The van der Waals surface area contributed by atoms with Crippen molar-refractivity contribution in [3.05, 3.63) is 143 Å². The number of nitrogens with zero attached hydrogens (tertiary/aromatic N) is 3. The van der Waals surface area contributed by atoms with E-state index in [0.29, 0.717) is 13.2 Å². The SMILES string of the molecule is CCCCCCOc1ccc(N=Cc2ccc(C(=O)Oc3cccc(OC(=O)c4ccc(C=Nc5ccc(OCCCCCC)cc5)cc4)c3C#N)cc2)cc1. The molecule has 0 N–H and O–H groups in total. The second-order valence-electron chi connectivity index (χ2n) is 13.1. The fraction of sp³-hybridized carbons (Fsp3) is 0.255. The predicted octanol–water partition coefficient (Wildman–Crippen LogP) is 11.4. The van der Waals surface area contributed by atoms with Crippen LogP contribution in [-0.2, 0) is 0 Å². The first-order chi connectivity index (χ1) is 27.4. The van der Waals surface area contributed by atoms with Gasteiger partial charge >= 0.3 is 11.9 Å². The summed E-state index contributed by atoms with van der Waals surface area (Å²) in [5.74, 6) is 0.239. The summed E-state index contributed by atoms with van der Waals surface area (Å²) in [7, 11) is 0. The third-order valence-electron chi connectivity index (χ3n) is 8.73. The molecule has 0 radical (unpaired) electrons. The first-order valence-electron chi connectivity index (χ1n) is 19.2. The maximum Gasteiger partial charge on any atom is 0.343 e. The number of benzene rings is 5. The molecule has 0 aliphatic heterocycles. The Hall–Kier alpha value is -6.53. The van der Waals surface area contributed by atoms with E-state index < -0.39 is 11.9 Å². The van der Waals surface area contributed by atoms with Crippen molar-refractivity contribution in [2.75, 3.05) is 13.2 Å². The topological polar surface area (TPSA) is 120 Å². The lowest BCUT2D eigenvalue weighted by atomic mass is 10.1. The molecular formula is C47H47N3O6. The minimum atomic E-state index is -0.668. The second-order valence-corrected chi connectivity index (χ2v) is 13.1. The first kappa shape index (κ1) is 40.7. The molecule has 0 spiro atoms. The highest BCUT2D eigenvalue weighted by molar-refractivity contribution is 5.94. The van der Waals surface area contributed by atoms with Crippen molar-refractivity contribution in [3.8, 4) is 29.1 Å². The van der Waals surface area contributed by atoms with Crippen molar-refractivity contribution < 1.29 is 28.5 Å². The number of unbranched alkanes of at least 4 members (excludes halogenated alkanes) is 6. The van der Waals surface area contributed by atoms with Crippen LogP contribution in [0.1, 0.15) is 103 Å². The summed E-state index contributed by atoms with van der Waals surface area (Å²) in [5, 5.41) is 9.93. The van der Waals surface area contributed by atoms with Crippen LogP contribution in [0.5, 0.6) is 23.0 Å². The van der Waals surface area contributed by atoms with Crippen LogP contribution in [0.4, 0.5) is 11.4 Å². The molecule has 0 bridgehead atoms. The summed E-state index contributed by atoms with van der Waals surface area (Å²) >= 11 is 0. The number of carbonyl (C=O) groups excluding carboxylic acids is 2. The highest BCUT2D eigenvalue weighted by Crippen LogP contribution is 2.29. The molecule has 5 rings (SSSR count). The molecule has 0 saturated heterocycles. The van der Waals surface area contributed by atoms with Crippen LogP contribution in [-0.4, -0.2) is 37.6 Å². The Morgan fingerprint density at radius 1 is 0.554 bits per heavy atom. The van der Waals surface area contributed by atoms with Gasteiger partial charge < -0.3 is 18.9 Å². The molecule has 5 aromatic rings. The molecule has 286 valence electrons. The van der Waals surface area contributed by atoms with Gasteiger partial charge in [-0.15, -0.1) is 0 Å². The Bertz CT molecular complexity index is 1960. The van der Waals surface area contributed by atoms with Crippen LogP contribution in [0, 0.1) is 11.3 Å². The summed E-state index contributed by atoms with van der Waals surface area (Å²) in [5.41, 5.74) is 3.59. The number of carbonyl (C=O) groups is 2. The average Bonchev–Trinajstić information content (AvgIpc) is 3.23. The third-order valence-corrected chi connectivity index (χ3v) is 8.73. The number of nitriles is 1. The van der Waals surface area contributed by atoms with E-state index in [-0.39, 0.29) is 28.2 Å². The number of hydrogen-bond donors (Lipinski definition) is 0. The Kier molecular flexibility index (Phi) is 16.0. The minimum Gasteiger partial charge on any atom is -0.494 e. The lowest BCUT2D eigenvalue weighted by molar-refractivity contribution is 0.0731. The quantitative estimate of drug-likeness (QED) is 0.0336. The van der Waals surface area contributed by atoms with Crippen LogP contribution in [0.15, 0.2) is 125 Å². The summed E-state index contributed by atoms with van der Waals surface area (Å²) < 4.78 is 22.7. The van der Waals surface area contributed by atoms with E-state index in [1.807, 2.05) is 54.6 Å². The molecule has 9 nitrogen and oxygen atoms in total. The molecular weight excluding hydrogens is 703 g/mol. The molecule has 0 saturated carbocycles. The highest BCUT2D eigenvalue weighted by Gasteiger charge is 2.18. The van der Waals surface area contributed by atoms with Crippen LogP contribution in [0.2, 0.25) is 0 Å². The second kappa shape index (κ2) is 22.0. The van der Waals surface area contributed by atoms with Crippen LogP contribution < -0.4 is 18.9 Å². The largest absolute Gasteiger partial charge is 0.494 e. The summed E-state index contributed by atoms with van der Waals surface area (Å²) in [6.07, 6.45) is 12.7. The molecule has 0 fully saturated rings. The van der Waals surface area contributed by atoms with E-state index in [0.717, 1.165) is 46.8 Å². The van der Waals surface area contributed by atoms with E-state index in [1.54, 1.807) is 67.0 Å². The van der Waals surface area contributed by atoms with Gasteiger partial charge in [-0.1, -0.05) is 82.7 Å². The van der Waals surface area contributed by atoms with Gasteiger partial charge in [0.25, 0.3) is 0 Å². The zero-order valence-corrected chi connectivity index (χ0v) is 32.0. The third kappa shape index (κ3) is 12.8. The lowest BCUT2D eigenvalue weighted by Crippen LogP contribution is -2.12. The molecule has 0 unspecified atom stereocenters. The van der Waals surface area contributed by atoms with Crippen LogP contribution in [0.25, 0.3) is 0 Å². The molecule has 0 heterocycles. The number of rotatable bonds is 20. The van der Waals surface area contributed by atoms with E-state index in [1.165, 1.54) is 50.7 Å². The van der Waals surface area contributed by atoms with Crippen LogP contribution >= 0.6 is 0 Å². The first-order valence-corrected chi connectivity index (χ1v) is 19.2. The van der Waals surface area contributed by atoms with Crippen molar-refractivity contribution in [1.82, 2.24) is 0 Å². The number of esters is 2. The molecule has 0 aliphatic rings. The zero-order chi connectivity index (χ0) is 39.4. The van der Waals surface area contributed by atoms with Gasteiger partial charge in [0.2, 0.25) is 0 Å². The van der Waals surface area contributed by atoms with Gasteiger partial charge in [-0.3, -0.25) is 9.98 Å². The van der Waals surface area contributed by atoms with Crippen LogP contribution in [0.3, 0.4) is 0 Å². The van der Waals surface area contributed by atoms with Gasteiger partial charge in [0.1, 0.15) is 23.1 Å². The normalized spacial score (nSPS) is 11.0. The molecule has 5 aromatic carbocycles. The zero-order valence-electron chi connectivity index (χ0n) is 32.0. The van der Waals surface area contributed by atoms with E-state index in [2.05, 4.69) is 23.8 Å². The number of aliphatic imine (C=N–C) groups is 2. The van der Waals surface area contributed by atoms with Crippen molar-refractivity contribution in [2.45, 2.75) is 65.2 Å². The summed E-state index contributed by atoms with van der Waals surface area (Å²) in [6, 6.07) is 35.1. The van der Waals surface area contributed by atoms with Crippen molar-refractivity contribution >= 4 is 35.7 Å². The monoisotopic (exact) mass is 749 g/mol. The predicted molar refractivity (Wildman–Crippen MR) is 221 cm³/mol. The summed E-state index contributed by atoms with van der Waals surface area (Å²) in [6.45, 7) is 5.78. The fourth-order valence-electron chi connectivity index (χ4n) is 5.51. The standard InChI is InChI=1S/C47H47N3O6/c1-3-5-7-9-30-53-41-26-22-39(23-27-41)49-33-35-14-18-37(19-15-35)46(51)55-44-12-11-13-45(43(44)32-48)56-47(52)38-20-16-36(17-21-38)34-50-40-24-28-42(29-25-40)54-31-10-8-6-4-2/h11-29,33-34H,3-10,30-31H2,1-2H3. The number of ether oxygens (including phenoxy) is 4. The minimum absolute atomic E-state index is 0.0278. The Morgan fingerprint density at radius 2 is 0.964 bits per heavy atom. The molecule has 0 atom stereocenters.